The van der Waals surface area contributed by atoms with Gasteiger partial charge in [0.05, 0.1) is 17.9 Å². The Balaban J connectivity index is 0.000000233. The smallest absolute Gasteiger partial charge is 0.185 e. The molecule has 1 aromatic heterocycles. The summed E-state index contributed by atoms with van der Waals surface area (Å²) in [5.41, 5.74) is 5.75. The molecule has 0 aliphatic heterocycles. The van der Waals surface area contributed by atoms with Gasteiger partial charge in [-0.3, -0.25) is 0 Å². The van der Waals surface area contributed by atoms with Crippen LogP contribution in [0.1, 0.15) is 44.2 Å². The molecular weight excluding hydrogens is 495 g/mol. The van der Waals surface area contributed by atoms with Gasteiger partial charge in [-0.25, -0.2) is 22.5 Å². The summed E-state index contributed by atoms with van der Waals surface area (Å²) < 4.78 is 64.0. The van der Waals surface area contributed by atoms with E-state index in [0.717, 1.165) is 50.7 Å². The number of nitrogen functional groups attached to an aromatic ring is 1. The Bertz CT molecular complexity index is 1120. The van der Waals surface area contributed by atoms with Crippen molar-refractivity contribution in [3.8, 4) is 11.5 Å². The maximum Gasteiger partial charge on any atom is 0.185 e. The summed E-state index contributed by atoms with van der Waals surface area (Å²) in [6.07, 6.45) is 6.41. The number of nitrogens with two attached hydrogens (primary N) is 1. The van der Waals surface area contributed by atoms with Crippen molar-refractivity contribution in [3.63, 3.8) is 0 Å². The third-order valence-corrected chi connectivity index (χ3v) is 5.71. The van der Waals surface area contributed by atoms with Gasteiger partial charge in [-0.2, -0.15) is 0 Å². The minimum Gasteiger partial charge on any atom is -0.490 e. The SMILES string of the molecule is Cc1ccc2c(OC3CCC3)cc(F)c(F)c2n1.Cl.Cl.Nc1cc(OC2CCC2)cc(F)c1F. The van der Waals surface area contributed by atoms with Crippen LogP contribution in [0.25, 0.3) is 10.9 Å². The molecule has 2 aliphatic carbocycles. The molecule has 3 aromatic rings. The van der Waals surface area contributed by atoms with Gasteiger partial charge in [0.25, 0.3) is 0 Å². The van der Waals surface area contributed by atoms with Crippen molar-refractivity contribution >= 4 is 41.4 Å². The minimum atomic E-state index is -1.01. The average Bonchev–Trinajstić information content (AvgIpc) is 2.69. The van der Waals surface area contributed by atoms with Gasteiger partial charge in [-0.15, -0.1) is 24.8 Å². The molecule has 0 bridgehead atoms. The van der Waals surface area contributed by atoms with E-state index < -0.39 is 23.3 Å². The van der Waals surface area contributed by atoms with Crippen LogP contribution in [0, 0.1) is 30.2 Å². The van der Waals surface area contributed by atoms with Crippen molar-refractivity contribution in [1.82, 2.24) is 4.98 Å². The molecule has 5 rings (SSSR count). The predicted octanol–water partition coefficient (Wildman–Crippen LogP) is 7.07. The number of pyridine rings is 1. The summed E-state index contributed by atoms with van der Waals surface area (Å²) in [7, 11) is 0. The number of nitrogens with zero attached hydrogens (tertiary/aromatic N) is 1. The second-order valence-electron chi connectivity index (χ2n) is 8.17. The van der Waals surface area contributed by atoms with Crippen molar-refractivity contribution in [1.29, 1.82) is 0 Å². The zero-order chi connectivity index (χ0) is 22.8. The van der Waals surface area contributed by atoms with Crippen LogP contribution >= 0.6 is 24.8 Å². The van der Waals surface area contributed by atoms with Gasteiger partial charge >= 0.3 is 0 Å². The second kappa shape index (κ2) is 11.8. The van der Waals surface area contributed by atoms with E-state index in [0.29, 0.717) is 22.6 Å². The lowest BCUT2D eigenvalue weighted by Crippen LogP contribution is -2.24. The number of fused-ring (bicyclic) bond motifs is 1. The van der Waals surface area contributed by atoms with Crippen LogP contribution in [-0.4, -0.2) is 17.2 Å². The standard InChI is InChI=1S/C14H13F2NO.C10H11F2NO.2ClH/c1-8-5-6-10-12(18-9-3-2-4-9)7-11(15)13(16)14(10)17-8;11-8-4-7(5-9(13)10(8)12)14-6-2-1-3-6;;/h5-7,9H,2-4H2,1H3;4-6H,1-3,13H2;2*1H. The van der Waals surface area contributed by atoms with E-state index >= 15 is 0 Å². The van der Waals surface area contributed by atoms with Gasteiger partial charge in [-0.05, 0) is 57.6 Å². The number of hydrogen-bond donors (Lipinski definition) is 1. The highest BCUT2D eigenvalue weighted by atomic mass is 35.5. The molecule has 2 aromatic carbocycles. The quantitative estimate of drug-likeness (QED) is 0.295. The van der Waals surface area contributed by atoms with E-state index in [1.807, 2.05) is 0 Å². The molecule has 10 heteroatoms. The first-order valence-corrected chi connectivity index (χ1v) is 10.6. The van der Waals surface area contributed by atoms with E-state index in [2.05, 4.69) is 4.98 Å². The number of halogens is 6. The van der Waals surface area contributed by atoms with Crippen molar-refractivity contribution in [2.75, 3.05) is 5.73 Å². The van der Waals surface area contributed by atoms with Crippen LogP contribution in [-0.2, 0) is 0 Å². The minimum absolute atomic E-state index is 0. The highest BCUT2D eigenvalue weighted by Crippen LogP contribution is 2.33. The first-order valence-electron chi connectivity index (χ1n) is 10.6. The number of ether oxygens (including phenoxy) is 2. The molecule has 4 nitrogen and oxygen atoms in total. The molecule has 186 valence electrons. The molecule has 0 spiro atoms. The Hall–Kier alpha value is -2.45. The normalized spacial score (nSPS) is 15.1. The Labute approximate surface area is 207 Å². The van der Waals surface area contributed by atoms with Gasteiger partial charge < -0.3 is 15.2 Å². The number of aromatic nitrogens is 1. The van der Waals surface area contributed by atoms with Crippen LogP contribution in [0.15, 0.2) is 30.3 Å². The molecule has 0 atom stereocenters. The van der Waals surface area contributed by atoms with E-state index in [1.54, 1.807) is 19.1 Å². The van der Waals surface area contributed by atoms with Gasteiger partial charge in [0.1, 0.15) is 17.0 Å². The zero-order valence-corrected chi connectivity index (χ0v) is 20.1. The lowest BCUT2D eigenvalue weighted by atomic mass is 9.96. The molecule has 0 radical (unpaired) electrons. The molecule has 2 N–H and O–H groups in total. The van der Waals surface area contributed by atoms with E-state index in [4.69, 9.17) is 15.2 Å². The maximum absolute atomic E-state index is 13.7. The monoisotopic (exact) mass is 520 g/mol. The molecule has 1 heterocycles. The van der Waals surface area contributed by atoms with Crippen LogP contribution in [0.3, 0.4) is 0 Å². The molecule has 0 unspecified atom stereocenters. The third-order valence-electron chi connectivity index (χ3n) is 5.71. The Kier molecular flexibility index (Phi) is 9.64. The summed E-state index contributed by atoms with van der Waals surface area (Å²) in [6.45, 7) is 1.75. The van der Waals surface area contributed by atoms with Crippen molar-refractivity contribution in [3.05, 3.63) is 59.3 Å². The van der Waals surface area contributed by atoms with E-state index in [9.17, 15) is 17.6 Å². The van der Waals surface area contributed by atoms with Crippen molar-refractivity contribution in [2.45, 2.75) is 57.7 Å². The molecule has 2 aliphatic rings. The molecular formula is C24H26Cl2F4N2O2. The highest BCUT2D eigenvalue weighted by molar-refractivity contribution is 5.86. The topological polar surface area (TPSA) is 57.4 Å². The molecule has 0 saturated heterocycles. The Morgan fingerprint density at radius 3 is 1.97 bits per heavy atom. The lowest BCUT2D eigenvalue weighted by Gasteiger charge is -2.27. The fraction of sp³-hybridized carbons (Fsp3) is 0.375. The van der Waals surface area contributed by atoms with Crippen molar-refractivity contribution in [2.24, 2.45) is 0 Å². The number of aryl methyl sites for hydroxylation is 1. The Morgan fingerprint density at radius 1 is 0.824 bits per heavy atom. The third kappa shape index (κ3) is 6.16. The number of rotatable bonds is 4. The predicted molar refractivity (Wildman–Crippen MR) is 128 cm³/mol. The average molecular weight is 521 g/mol. The summed E-state index contributed by atoms with van der Waals surface area (Å²) in [6, 6.07) is 6.97. The van der Waals surface area contributed by atoms with Gasteiger partial charge in [0.15, 0.2) is 23.3 Å². The maximum atomic E-state index is 13.7. The second-order valence-corrected chi connectivity index (χ2v) is 8.17. The number of hydrogen-bond acceptors (Lipinski definition) is 4. The van der Waals surface area contributed by atoms with Crippen molar-refractivity contribution < 1.29 is 27.0 Å². The van der Waals surface area contributed by atoms with Crippen LogP contribution in [0.5, 0.6) is 11.5 Å². The number of benzene rings is 2. The van der Waals surface area contributed by atoms with E-state index in [1.165, 1.54) is 6.07 Å². The lowest BCUT2D eigenvalue weighted by molar-refractivity contribution is 0.120. The molecule has 2 fully saturated rings. The van der Waals surface area contributed by atoms with Gasteiger partial charge in [0.2, 0.25) is 0 Å². The van der Waals surface area contributed by atoms with Crippen LogP contribution in [0.4, 0.5) is 23.2 Å². The fourth-order valence-electron chi connectivity index (χ4n) is 3.39. The van der Waals surface area contributed by atoms with E-state index in [-0.39, 0.29) is 48.2 Å². The van der Waals surface area contributed by atoms with Crippen LogP contribution < -0.4 is 15.2 Å². The van der Waals surface area contributed by atoms with Gasteiger partial charge in [-0.1, -0.05) is 0 Å². The first-order chi connectivity index (χ1) is 15.3. The largest absolute Gasteiger partial charge is 0.490 e. The summed E-state index contributed by atoms with van der Waals surface area (Å²) in [5.74, 6) is -3.08. The van der Waals surface area contributed by atoms with Crippen LogP contribution in [0.2, 0.25) is 0 Å². The molecule has 0 amide bonds. The molecule has 34 heavy (non-hydrogen) atoms. The zero-order valence-electron chi connectivity index (χ0n) is 18.5. The molecule has 2 saturated carbocycles. The highest BCUT2D eigenvalue weighted by Gasteiger charge is 2.22. The Morgan fingerprint density at radius 2 is 1.41 bits per heavy atom. The fourth-order valence-corrected chi connectivity index (χ4v) is 3.39. The summed E-state index contributed by atoms with van der Waals surface area (Å²) >= 11 is 0. The summed E-state index contributed by atoms with van der Waals surface area (Å²) in [4.78, 5) is 4.05. The van der Waals surface area contributed by atoms with Gasteiger partial charge in [0, 0.05) is 29.3 Å². The number of anilines is 1. The summed E-state index contributed by atoms with van der Waals surface area (Å²) in [5, 5.41) is 0.534. The first kappa shape index (κ1) is 27.8.